The first-order valence-corrected chi connectivity index (χ1v) is 5.00. The van der Waals surface area contributed by atoms with Gasteiger partial charge in [0.2, 0.25) is 0 Å². The van der Waals surface area contributed by atoms with Gasteiger partial charge in [0, 0.05) is 16.3 Å². The highest BCUT2D eigenvalue weighted by Crippen LogP contribution is 2.16. The van der Waals surface area contributed by atoms with Crippen LogP contribution in [0.2, 0.25) is 5.02 Å². The number of hydrogen-bond acceptors (Lipinski definition) is 1. The number of benzene rings is 1. The highest BCUT2D eigenvalue weighted by molar-refractivity contribution is 6.30. The van der Waals surface area contributed by atoms with Crippen molar-refractivity contribution < 1.29 is 0 Å². The molecule has 2 N–H and O–H groups in total. The zero-order chi connectivity index (χ0) is 10.7. The Hall–Kier alpha value is -1.69. The fourth-order valence-corrected chi connectivity index (χ4v) is 1.45. The Labute approximate surface area is 93.9 Å². The van der Waals surface area contributed by atoms with E-state index in [1.807, 2.05) is 48.6 Å². The van der Waals surface area contributed by atoms with Gasteiger partial charge in [0.25, 0.3) is 0 Å². The summed E-state index contributed by atoms with van der Waals surface area (Å²) >= 11 is 5.79. The first-order valence-electron chi connectivity index (χ1n) is 4.62. The van der Waals surface area contributed by atoms with Crippen molar-refractivity contribution in [2.45, 2.75) is 0 Å². The topological polar surface area (TPSA) is 26.0 Å². The highest BCUT2D eigenvalue weighted by atomic mass is 35.5. The van der Waals surface area contributed by atoms with E-state index in [4.69, 9.17) is 17.3 Å². The van der Waals surface area contributed by atoms with Crippen molar-refractivity contribution in [1.29, 1.82) is 0 Å². The summed E-state index contributed by atoms with van der Waals surface area (Å²) in [5, 5.41) is 0.714. The van der Waals surface area contributed by atoms with Gasteiger partial charge in [0.15, 0.2) is 0 Å². The summed E-state index contributed by atoms with van der Waals surface area (Å²) in [5.41, 5.74) is 11.7. The number of hydrogen-bond donors (Lipinski definition) is 1. The van der Waals surface area contributed by atoms with Crippen LogP contribution in [0.15, 0.2) is 59.9 Å². The van der Waals surface area contributed by atoms with Gasteiger partial charge in [-0.05, 0) is 35.9 Å². The lowest BCUT2D eigenvalue weighted by Crippen LogP contribution is -1.95. The molecule has 2 heteroatoms. The molecule has 1 nitrogen and oxygen atoms in total. The van der Waals surface area contributed by atoms with Gasteiger partial charge in [-0.15, -0.1) is 5.73 Å². The second kappa shape index (κ2) is 4.22. The molecule has 1 aromatic rings. The Kier molecular flexibility index (Phi) is 2.77. The summed E-state index contributed by atoms with van der Waals surface area (Å²) < 4.78 is 0. The monoisotopic (exact) mass is 215 g/mol. The van der Waals surface area contributed by atoms with Crippen LogP contribution in [0.5, 0.6) is 0 Å². The third-order valence-corrected chi connectivity index (χ3v) is 2.36. The molecular formula is C13H10ClN. The van der Waals surface area contributed by atoms with E-state index in [0.717, 1.165) is 11.1 Å². The molecule has 0 unspecified atom stereocenters. The lowest BCUT2D eigenvalue weighted by atomic mass is 10.1. The summed E-state index contributed by atoms with van der Waals surface area (Å²) in [6, 6.07) is 7.45. The molecule has 0 amide bonds. The van der Waals surface area contributed by atoms with E-state index in [2.05, 4.69) is 5.73 Å². The molecule has 0 fully saturated rings. The Morgan fingerprint density at radius 1 is 1.27 bits per heavy atom. The van der Waals surface area contributed by atoms with Crippen molar-refractivity contribution in [3.05, 3.63) is 70.5 Å². The van der Waals surface area contributed by atoms with Gasteiger partial charge >= 0.3 is 0 Å². The highest BCUT2D eigenvalue weighted by Gasteiger charge is 1.98. The van der Waals surface area contributed by atoms with Crippen LogP contribution < -0.4 is 5.73 Å². The van der Waals surface area contributed by atoms with Crippen molar-refractivity contribution in [1.82, 2.24) is 0 Å². The Morgan fingerprint density at radius 2 is 2.00 bits per heavy atom. The smallest absolute Gasteiger partial charge is 0.0406 e. The molecule has 0 aromatic heterocycles. The minimum Gasteiger partial charge on any atom is -0.398 e. The zero-order valence-corrected chi connectivity index (χ0v) is 8.83. The Morgan fingerprint density at radius 3 is 2.60 bits per heavy atom. The summed E-state index contributed by atoms with van der Waals surface area (Å²) in [7, 11) is 0. The molecule has 0 aliphatic heterocycles. The maximum Gasteiger partial charge on any atom is 0.0406 e. The molecule has 0 bridgehead atoms. The van der Waals surface area contributed by atoms with Crippen LogP contribution in [0.25, 0.3) is 5.70 Å². The van der Waals surface area contributed by atoms with Crippen LogP contribution in [0.4, 0.5) is 0 Å². The molecule has 15 heavy (non-hydrogen) atoms. The first-order chi connectivity index (χ1) is 7.25. The molecule has 0 heterocycles. The number of allylic oxidation sites excluding steroid dienone is 4. The lowest BCUT2D eigenvalue weighted by molar-refractivity contribution is 1.50. The molecule has 1 aliphatic rings. The summed E-state index contributed by atoms with van der Waals surface area (Å²) in [4.78, 5) is 0. The van der Waals surface area contributed by atoms with Crippen molar-refractivity contribution in [2.75, 3.05) is 0 Å². The third kappa shape index (κ3) is 2.41. The normalized spacial score (nSPS) is 14.5. The van der Waals surface area contributed by atoms with Crippen LogP contribution >= 0.6 is 11.6 Å². The van der Waals surface area contributed by atoms with E-state index in [9.17, 15) is 0 Å². The molecule has 0 spiro atoms. The average molecular weight is 216 g/mol. The number of rotatable bonds is 2. The average Bonchev–Trinajstić information content (AvgIpc) is 2.71. The van der Waals surface area contributed by atoms with Gasteiger partial charge in [-0.25, -0.2) is 0 Å². The van der Waals surface area contributed by atoms with E-state index in [0.29, 0.717) is 10.7 Å². The summed E-state index contributed by atoms with van der Waals surface area (Å²) in [5.74, 6) is 0. The Balaban J connectivity index is 2.28. The van der Waals surface area contributed by atoms with E-state index < -0.39 is 0 Å². The number of nitrogens with two attached hydrogens (primary N) is 1. The molecule has 0 atom stereocenters. The van der Waals surface area contributed by atoms with Crippen LogP contribution in [0.3, 0.4) is 0 Å². The maximum atomic E-state index is 5.93. The first kappa shape index (κ1) is 9.85. The van der Waals surface area contributed by atoms with Crippen molar-refractivity contribution in [3.8, 4) is 0 Å². The molecule has 0 radical (unpaired) electrons. The zero-order valence-electron chi connectivity index (χ0n) is 8.07. The second-order valence-corrected chi connectivity index (χ2v) is 3.67. The Bertz CT molecular complexity index is 486. The van der Waals surface area contributed by atoms with E-state index in [1.54, 1.807) is 0 Å². The van der Waals surface area contributed by atoms with Gasteiger partial charge in [-0.2, -0.15) is 0 Å². The summed E-state index contributed by atoms with van der Waals surface area (Å²) in [6.07, 6.45) is 7.65. The molecule has 0 saturated heterocycles. The van der Waals surface area contributed by atoms with Gasteiger partial charge in [-0.3, -0.25) is 0 Å². The van der Waals surface area contributed by atoms with Crippen molar-refractivity contribution in [2.24, 2.45) is 5.73 Å². The van der Waals surface area contributed by atoms with E-state index >= 15 is 0 Å². The van der Waals surface area contributed by atoms with Gasteiger partial charge in [0.1, 0.15) is 0 Å². The molecule has 74 valence electrons. The van der Waals surface area contributed by atoms with Crippen molar-refractivity contribution >= 4 is 17.3 Å². The SMILES string of the molecule is N/C(=C\C1=C=CC=C1)c1ccc(Cl)cc1. The predicted molar refractivity (Wildman–Crippen MR) is 64.4 cm³/mol. The fourth-order valence-electron chi connectivity index (χ4n) is 1.33. The molecule has 1 aromatic carbocycles. The molecular weight excluding hydrogens is 206 g/mol. The van der Waals surface area contributed by atoms with Gasteiger partial charge < -0.3 is 5.73 Å². The minimum absolute atomic E-state index is 0.714. The maximum absolute atomic E-state index is 5.93. The van der Waals surface area contributed by atoms with Crippen molar-refractivity contribution in [3.63, 3.8) is 0 Å². The largest absolute Gasteiger partial charge is 0.398 e. The van der Waals surface area contributed by atoms with Gasteiger partial charge in [-0.1, -0.05) is 29.8 Å². The second-order valence-electron chi connectivity index (χ2n) is 3.23. The quantitative estimate of drug-likeness (QED) is 0.753. The summed E-state index contributed by atoms with van der Waals surface area (Å²) in [6.45, 7) is 0. The molecule has 2 rings (SSSR count). The standard InChI is InChI=1S/C13H10ClN/c14-12-7-5-11(6-8-12)13(15)9-10-3-1-2-4-10/h1-3,5-9H,15H2/b13-9-. The van der Waals surface area contributed by atoms with Crippen LogP contribution in [-0.2, 0) is 0 Å². The number of halogens is 1. The molecule has 0 saturated carbocycles. The van der Waals surface area contributed by atoms with E-state index in [1.165, 1.54) is 0 Å². The van der Waals surface area contributed by atoms with Gasteiger partial charge in [0.05, 0.1) is 0 Å². The predicted octanol–water partition coefficient (Wildman–Crippen LogP) is 3.29. The van der Waals surface area contributed by atoms with E-state index in [-0.39, 0.29) is 0 Å². The lowest BCUT2D eigenvalue weighted by Gasteiger charge is -2.01. The fraction of sp³-hybridized carbons (Fsp3) is 0. The van der Waals surface area contributed by atoms with Crippen LogP contribution in [0.1, 0.15) is 5.56 Å². The third-order valence-electron chi connectivity index (χ3n) is 2.11. The minimum atomic E-state index is 0.714. The van der Waals surface area contributed by atoms with Crippen LogP contribution in [-0.4, -0.2) is 0 Å². The van der Waals surface area contributed by atoms with Crippen LogP contribution in [0, 0.1) is 0 Å². The molecule has 1 aliphatic carbocycles.